The molecule has 5 nitrogen and oxygen atoms in total. The van der Waals surface area contributed by atoms with E-state index >= 15 is 0 Å². The van der Waals surface area contributed by atoms with Gasteiger partial charge in [0.05, 0.1) is 28.9 Å². The van der Waals surface area contributed by atoms with Gasteiger partial charge in [-0.1, -0.05) is 18.2 Å². The van der Waals surface area contributed by atoms with Crippen molar-refractivity contribution in [1.82, 2.24) is 24.8 Å². The third-order valence-electron chi connectivity index (χ3n) is 5.20. The van der Waals surface area contributed by atoms with Crippen LogP contribution in [0.4, 0.5) is 0 Å². The zero-order valence-corrected chi connectivity index (χ0v) is 16.0. The van der Waals surface area contributed by atoms with E-state index < -0.39 is 0 Å². The lowest BCUT2D eigenvalue weighted by molar-refractivity contribution is 0.438. The van der Waals surface area contributed by atoms with E-state index in [1.54, 1.807) is 6.33 Å². The monoisotopic (exact) mass is 367 g/mol. The summed E-state index contributed by atoms with van der Waals surface area (Å²) in [7, 11) is 2.13. The fraction of sp³-hybridized carbons (Fsp3) is 0.174. The van der Waals surface area contributed by atoms with Crippen molar-refractivity contribution in [2.24, 2.45) is 0 Å². The molecule has 0 amide bonds. The van der Waals surface area contributed by atoms with Crippen molar-refractivity contribution >= 4 is 16.5 Å². The molecular weight excluding hydrogens is 346 g/mol. The highest BCUT2D eigenvalue weighted by Gasteiger charge is 2.15. The molecule has 5 rings (SSSR count). The second kappa shape index (κ2) is 6.69. The van der Waals surface area contributed by atoms with Gasteiger partial charge in [0.15, 0.2) is 0 Å². The van der Waals surface area contributed by atoms with Crippen LogP contribution >= 0.6 is 0 Å². The maximum absolute atomic E-state index is 4.67. The van der Waals surface area contributed by atoms with Crippen molar-refractivity contribution in [1.29, 1.82) is 0 Å². The Hall–Kier alpha value is -3.31. The van der Waals surface area contributed by atoms with E-state index in [2.05, 4.69) is 62.2 Å². The number of likely N-dealkylation sites (N-methyl/N-ethyl adjacent to an activating group) is 1. The average Bonchev–Trinajstić information content (AvgIpc) is 3.36. The van der Waals surface area contributed by atoms with Gasteiger partial charge in [0.25, 0.3) is 0 Å². The van der Waals surface area contributed by atoms with Crippen LogP contribution in [-0.4, -0.2) is 45.0 Å². The number of hydrogen-bond acceptors (Lipinski definition) is 4. The van der Waals surface area contributed by atoms with Gasteiger partial charge < -0.3 is 4.98 Å². The number of aromatic nitrogens is 4. The van der Waals surface area contributed by atoms with Crippen molar-refractivity contribution in [2.45, 2.75) is 6.92 Å². The number of fused-ring (bicyclic) bond motifs is 1. The number of nitrogens with zero attached hydrogens (tertiary/aromatic N) is 4. The van der Waals surface area contributed by atoms with Gasteiger partial charge in [-0.15, -0.1) is 0 Å². The predicted molar refractivity (Wildman–Crippen MR) is 113 cm³/mol. The first-order chi connectivity index (χ1) is 13.7. The molecule has 5 heteroatoms. The van der Waals surface area contributed by atoms with Gasteiger partial charge in [-0.2, -0.15) is 0 Å². The maximum atomic E-state index is 4.67. The van der Waals surface area contributed by atoms with Crippen LogP contribution in [0.15, 0.2) is 61.1 Å². The summed E-state index contributed by atoms with van der Waals surface area (Å²) in [6.07, 6.45) is 5.98. The Morgan fingerprint density at radius 3 is 2.75 bits per heavy atom. The van der Waals surface area contributed by atoms with E-state index in [4.69, 9.17) is 0 Å². The minimum absolute atomic E-state index is 0.902. The molecule has 1 aliphatic rings. The Kier molecular flexibility index (Phi) is 4.02. The molecule has 138 valence electrons. The molecule has 0 bridgehead atoms. The largest absolute Gasteiger partial charge is 0.343 e. The number of H-pyrrole nitrogens is 1. The highest BCUT2D eigenvalue weighted by molar-refractivity contribution is 5.89. The summed E-state index contributed by atoms with van der Waals surface area (Å²) in [5, 5.41) is 1.12. The lowest BCUT2D eigenvalue weighted by Gasteiger charge is -2.09. The smallest absolute Gasteiger partial charge is 0.0977 e. The number of aromatic amines is 1. The fourth-order valence-corrected chi connectivity index (χ4v) is 3.74. The summed E-state index contributed by atoms with van der Waals surface area (Å²) in [5.74, 6) is 0. The molecule has 0 atom stereocenters. The third kappa shape index (κ3) is 3.00. The second-order valence-corrected chi connectivity index (χ2v) is 7.35. The molecule has 3 aromatic heterocycles. The van der Waals surface area contributed by atoms with E-state index in [1.807, 2.05) is 31.3 Å². The number of pyridine rings is 2. The topological polar surface area (TPSA) is 57.7 Å². The van der Waals surface area contributed by atoms with Crippen LogP contribution in [0.3, 0.4) is 0 Å². The predicted octanol–water partition coefficient (Wildman–Crippen LogP) is 4.32. The summed E-state index contributed by atoms with van der Waals surface area (Å²) < 4.78 is 0. The van der Waals surface area contributed by atoms with Crippen molar-refractivity contribution in [2.75, 3.05) is 20.1 Å². The number of aryl methyl sites for hydroxylation is 1. The molecule has 0 spiro atoms. The Balaban J connectivity index is 1.58. The van der Waals surface area contributed by atoms with Crippen LogP contribution in [0.25, 0.3) is 39.1 Å². The Morgan fingerprint density at radius 2 is 1.93 bits per heavy atom. The molecular formula is C23H21N5. The van der Waals surface area contributed by atoms with Crippen LogP contribution in [0.2, 0.25) is 0 Å². The molecule has 1 aromatic carbocycles. The van der Waals surface area contributed by atoms with Crippen LogP contribution < -0.4 is 0 Å². The van der Waals surface area contributed by atoms with Crippen molar-refractivity contribution in [3.05, 3.63) is 72.3 Å². The molecule has 1 aliphatic heterocycles. The highest BCUT2D eigenvalue weighted by Crippen LogP contribution is 2.31. The van der Waals surface area contributed by atoms with Gasteiger partial charge in [-0.3, -0.25) is 14.9 Å². The molecule has 0 fully saturated rings. The zero-order valence-electron chi connectivity index (χ0n) is 16.0. The average molecular weight is 367 g/mol. The first kappa shape index (κ1) is 16.8. The minimum atomic E-state index is 0.902. The Labute approximate surface area is 163 Å². The van der Waals surface area contributed by atoms with Crippen LogP contribution in [0.1, 0.15) is 11.3 Å². The van der Waals surface area contributed by atoms with E-state index in [0.717, 1.165) is 52.3 Å². The first-order valence-electron chi connectivity index (χ1n) is 9.43. The SMILES string of the molecule is Cc1cccc(-c2[nH]cnc2-c2ccc3ncc(C4=CCN(C)C4)cc3c2)n1. The molecule has 1 N–H and O–H groups in total. The quantitative estimate of drug-likeness (QED) is 0.586. The van der Waals surface area contributed by atoms with Gasteiger partial charge in [0.1, 0.15) is 0 Å². The molecule has 0 saturated heterocycles. The van der Waals surface area contributed by atoms with Gasteiger partial charge in [0, 0.05) is 35.9 Å². The summed E-state index contributed by atoms with van der Waals surface area (Å²) in [4.78, 5) is 19.4. The molecule has 0 unspecified atom stereocenters. The van der Waals surface area contributed by atoms with Crippen LogP contribution in [0.5, 0.6) is 0 Å². The number of rotatable bonds is 3. The Morgan fingerprint density at radius 1 is 1.04 bits per heavy atom. The molecule has 0 aliphatic carbocycles. The lowest BCUT2D eigenvalue weighted by Crippen LogP contribution is -2.13. The first-order valence-corrected chi connectivity index (χ1v) is 9.43. The molecule has 0 saturated carbocycles. The van der Waals surface area contributed by atoms with E-state index in [9.17, 15) is 0 Å². The number of imidazole rings is 1. The molecule has 0 radical (unpaired) electrons. The van der Waals surface area contributed by atoms with Crippen LogP contribution in [-0.2, 0) is 0 Å². The van der Waals surface area contributed by atoms with Gasteiger partial charge in [-0.05, 0) is 55.4 Å². The van der Waals surface area contributed by atoms with E-state index in [-0.39, 0.29) is 0 Å². The third-order valence-corrected chi connectivity index (χ3v) is 5.20. The number of nitrogens with one attached hydrogen (secondary N) is 1. The molecule has 28 heavy (non-hydrogen) atoms. The molecule has 4 aromatic rings. The lowest BCUT2D eigenvalue weighted by atomic mass is 10.0. The summed E-state index contributed by atoms with van der Waals surface area (Å²) >= 11 is 0. The van der Waals surface area contributed by atoms with Gasteiger partial charge >= 0.3 is 0 Å². The van der Waals surface area contributed by atoms with Crippen molar-refractivity contribution in [3.8, 4) is 22.6 Å². The van der Waals surface area contributed by atoms with E-state index in [1.165, 1.54) is 11.1 Å². The maximum Gasteiger partial charge on any atom is 0.0977 e. The minimum Gasteiger partial charge on any atom is -0.343 e. The van der Waals surface area contributed by atoms with E-state index in [0.29, 0.717) is 0 Å². The van der Waals surface area contributed by atoms with Crippen molar-refractivity contribution < 1.29 is 0 Å². The zero-order chi connectivity index (χ0) is 19.1. The summed E-state index contributed by atoms with van der Waals surface area (Å²) in [6, 6.07) is 14.6. The van der Waals surface area contributed by atoms with Gasteiger partial charge in [-0.25, -0.2) is 4.98 Å². The number of hydrogen-bond donors (Lipinski definition) is 1. The fourth-order valence-electron chi connectivity index (χ4n) is 3.74. The highest BCUT2D eigenvalue weighted by atomic mass is 15.1. The normalized spacial score (nSPS) is 14.6. The van der Waals surface area contributed by atoms with Crippen LogP contribution in [0, 0.1) is 6.92 Å². The molecule has 4 heterocycles. The second-order valence-electron chi connectivity index (χ2n) is 7.35. The summed E-state index contributed by atoms with van der Waals surface area (Å²) in [5.41, 5.74) is 8.31. The Bertz CT molecular complexity index is 1200. The van der Waals surface area contributed by atoms with Gasteiger partial charge in [0.2, 0.25) is 0 Å². The van der Waals surface area contributed by atoms with Crippen molar-refractivity contribution in [3.63, 3.8) is 0 Å². The number of benzene rings is 1. The summed E-state index contributed by atoms with van der Waals surface area (Å²) in [6.45, 7) is 3.96. The standard InChI is InChI=1S/C23H21N5/c1-15-4-3-5-21(27-15)23-22(25-14-26-23)16-6-7-20-18(10-16)11-19(12-24-20)17-8-9-28(2)13-17/h3-8,10-12,14H,9,13H2,1-2H3,(H,25,26).